The van der Waals surface area contributed by atoms with Gasteiger partial charge >= 0.3 is 0 Å². The molecule has 7 heterocycles. The number of nitrogens with one attached hydrogen (secondary N) is 6. The Morgan fingerprint density at radius 2 is 0.857 bits per heavy atom. The average molecular weight is 1260 g/mol. The van der Waals surface area contributed by atoms with Crippen molar-refractivity contribution in [1.29, 1.82) is 0 Å². The quantitative estimate of drug-likeness (QED) is 0.160. The van der Waals surface area contributed by atoms with Crippen molar-refractivity contribution in [3.63, 3.8) is 0 Å². The zero-order valence-corrected chi connectivity index (χ0v) is 54.2. The molecule has 6 aliphatic rings. The lowest BCUT2D eigenvalue weighted by Gasteiger charge is -2.34. The Balaban J connectivity index is 1.06. The van der Waals surface area contributed by atoms with Gasteiger partial charge in [-0.05, 0) is 134 Å². The third-order valence-corrected chi connectivity index (χ3v) is 19.2. The molecule has 6 aliphatic heterocycles. The number of allylic oxidation sites excluding steroid dienone is 1. The number of fused-ring (bicyclic) bond motifs is 6. The van der Waals surface area contributed by atoms with Crippen molar-refractivity contribution in [3.8, 4) is 0 Å². The highest BCUT2D eigenvalue weighted by atomic mass is 16.2. The van der Waals surface area contributed by atoms with Gasteiger partial charge in [-0.25, -0.2) is 0 Å². The maximum absolute atomic E-state index is 15.3. The average Bonchev–Trinajstić information content (AvgIpc) is 1.67. The lowest BCUT2D eigenvalue weighted by atomic mass is 9.99. The minimum atomic E-state index is -1.31. The van der Waals surface area contributed by atoms with Crippen molar-refractivity contribution >= 4 is 75.9 Å². The maximum Gasteiger partial charge on any atom is 0.246 e. The standard InChI is InChI=1S/C68H94N12O11/c1-10-68(8,9)80-39-45(46-23-14-15-24-51(46)80)38-48-59(83)71-47(35-40(2)3)58(82)73-50(37-44-21-12-11-13-22-44)65(89)79-34-20-29-56(79)67(91)77-32-18-27-54(77)62(86)74-49(36-41(4)5)64(88)75-30-16-25-52(75)60(84)69-42(6)57(81)70-43(7)63(87)78-33-19-28-55(78)66(90)76-31-17-26-53(76)61(85)72-48/h10-15,21-24,39-43,47-50,52-56H,1,16-20,25-38H2,2-9H3,(H,69,84)(H,70,81)(H,71,83)(H,72,85)(H,73,82)(H,74,86). The zero-order valence-electron chi connectivity index (χ0n) is 54.2. The van der Waals surface area contributed by atoms with Crippen LogP contribution in [0.4, 0.5) is 0 Å². The molecule has 0 spiro atoms. The van der Waals surface area contributed by atoms with Crippen LogP contribution in [-0.2, 0) is 71.1 Å². The molecule has 0 saturated carbocycles. The Bertz CT molecular complexity index is 3250. The van der Waals surface area contributed by atoms with E-state index in [1.54, 1.807) is 0 Å². The van der Waals surface area contributed by atoms with Gasteiger partial charge in [-0.1, -0.05) is 82.3 Å². The maximum atomic E-state index is 15.3. The number of hydrogen-bond acceptors (Lipinski definition) is 11. The Hall–Kier alpha value is -8.11. The van der Waals surface area contributed by atoms with Crippen molar-refractivity contribution in [2.45, 2.75) is 217 Å². The highest BCUT2D eigenvalue weighted by Gasteiger charge is 2.48. The minimum Gasteiger partial charge on any atom is -0.343 e. The molecule has 3 aromatic rings. The summed E-state index contributed by atoms with van der Waals surface area (Å²) in [5, 5.41) is 18.2. The van der Waals surface area contributed by atoms with Gasteiger partial charge in [0.2, 0.25) is 65.0 Å². The van der Waals surface area contributed by atoms with Crippen LogP contribution >= 0.6 is 0 Å². The van der Waals surface area contributed by atoms with Gasteiger partial charge in [0.25, 0.3) is 0 Å². The molecule has 91 heavy (non-hydrogen) atoms. The number of carbonyl (C=O) groups is 11. The smallest absolute Gasteiger partial charge is 0.246 e. The number of amides is 11. The van der Waals surface area contributed by atoms with E-state index in [1.165, 1.54) is 38.3 Å². The van der Waals surface area contributed by atoms with E-state index in [0.29, 0.717) is 63.4 Å². The largest absolute Gasteiger partial charge is 0.343 e. The molecule has 1 aromatic heterocycles. The van der Waals surface area contributed by atoms with Crippen molar-refractivity contribution in [2.24, 2.45) is 11.8 Å². The van der Waals surface area contributed by atoms with E-state index in [4.69, 9.17) is 0 Å². The van der Waals surface area contributed by atoms with Crippen LogP contribution in [-0.4, -0.2) is 193 Å². The van der Waals surface area contributed by atoms with Crippen molar-refractivity contribution < 1.29 is 52.7 Å². The van der Waals surface area contributed by atoms with E-state index in [2.05, 4.69) is 38.5 Å². The van der Waals surface area contributed by atoms with Crippen LogP contribution in [0, 0.1) is 11.8 Å². The molecule has 23 nitrogen and oxygen atoms in total. The van der Waals surface area contributed by atoms with Crippen LogP contribution in [0.5, 0.6) is 0 Å². The third-order valence-electron chi connectivity index (χ3n) is 19.2. The lowest BCUT2D eigenvalue weighted by molar-refractivity contribution is -0.148. The molecule has 6 saturated heterocycles. The molecule has 6 fully saturated rings. The monoisotopic (exact) mass is 1250 g/mol. The number of carbonyl (C=O) groups excluding carboxylic acids is 11. The van der Waals surface area contributed by atoms with Gasteiger partial charge in [-0.15, -0.1) is 6.58 Å². The van der Waals surface area contributed by atoms with Crippen molar-refractivity contribution in [1.82, 2.24) is 61.0 Å². The summed E-state index contributed by atoms with van der Waals surface area (Å²) >= 11 is 0. The Labute approximate surface area is 533 Å². The van der Waals surface area contributed by atoms with Gasteiger partial charge in [0.15, 0.2) is 0 Å². The summed E-state index contributed by atoms with van der Waals surface area (Å²) < 4.78 is 2.05. The van der Waals surface area contributed by atoms with Gasteiger partial charge in [0.05, 0.1) is 5.54 Å². The number of hydrogen-bond donors (Lipinski definition) is 6. The van der Waals surface area contributed by atoms with Crippen molar-refractivity contribution in [2.75, 3.05) is 32.7 Å². The summed E-state index contributed by atoms with van der Waals surface area (Å²) in [4.78, 5) is 169. The van der Waals surface area contributed by atoms with E-state index < -0.39 is 137 Å². The van der Waals surface area contributed by atoms with Gasteiger partial charge in [0.1, 0.15) is 66.5 Å². The normalized spacial score (nSPS) is 28.5. The molecule has 11 unspecified atom stereocenters. The fourth-order valence-corrected chi connectivity index (χ4v) is 14.2. The predicted octanol–water partition coefficient (Wildman–Crippen LogP) is 3.36. The fraction of sp³-hybridized carbons (Fsp3) is 0.603. The topological polar surface area (TPSA) is 281 Å². The van der Waals surface area contributed by atoms with E-state index >= 15 is 19.2 Å². The van der Waals surface area contributed by atoms with E-state index in [0.717, 1.165) is 16.5 Å². The summed E-state index contributed by atoms with van der Waals surface area (Å²) in [6.07, 6.45) is 7.86. The molecule has 0 aliphatic carbocycles. The Morgan fingerprint density at radius 1 is 0.451 bits per heavy atom. The Morgan fingerprint density at radius 3 is 1.40 bits per heavy atom. The highest BCUT2D eigenvalue weighted by Crippen LogP contribution is 2.32. The summed E-state index contributed by atoms with van der Waals surface area (Å²) in [6, 6.07) is 4.75. The molecule has 23 heteroatoms. The first-order chi connectivity index (χ1) is 43.4. The van der Waals surface area contributed by atoms with Crippen LogP contribution in [0.15, 0.2) is 73.4 Å². The van der Waals surface area contributed by atoms with Crippen LogP contribution in [0.3, 0.4) is 0 Å². The van der Waals surface area contributed by atoms with Crippen LogP contribution < -0.4 is 31.9 Å². The molecule has 11 amide bonds. The molecule has 9 rings (SSSR count). The molecule has 11 atom stereocenters. The highest BCUT2D eigenvalue weighted by molar-refractivity contribution is 6.01. The number of nitrogens with zero attached hydrogens (tertiary/aromatic N) is 6. The van der Waals surface area contributed by atoms with E-state index in [1.807, 2.05) is 113 Å². The first kappa shape index (κ1) is 67.3. The van der Waals surface area contributed by atoms with Crippen LogP contribution in [0.25, 0.3) is 10.9 Å². The van der Waals surface area contributed by atoms with Gasteiger partial charge in [-0.2, -0.15) is 0 Å². The van der Waals surface area contributed by atoms with E-state index in [-0.39, 0.29) is 76.7 Å². The molecule has 0 radical (unpaired) electrons. The molecule has 2 aromatic carbocycles. The second-order valence-electron chi connectivity index (χ2n) is 27.2. The fourth-order valence-electron chi connectivity index (χ4n) is 14.2. The number of aromatic nitrogens is 1. The molecular formula is C68H94N12O11. The Kier molecular flexibility index (Phi) is 21.5. The SMILES string of the molecule is C=CC(C)(C)n1cc(CC2NC(=O)C3CCCN3C(=O)C3CCCN3C(=O)C(C)NC(=O)C(C)NC(=O)C3CCCN3C(=O)C(CC(C)C)NC(=O)C3CCCN3C(=O)C3CCCN3C(=O)C(Cc3ccccc3)NC(=O)C(CC(C)C)NC2=O)c2ccccc21. The number of rotatable bonds is 10. The van der Waals surface area contributed by atoms with Crippen molar-refractivity contribution in [3.05, 3.63) is 84.6 Å². The summed E-state index contributed by atoms with van der Waals surface area (Å²) in [7, 11) is 0. The predicted molar refractivity (Wildman–Crippen MR) is 341 cm³/mol. The summed E-state index contributed by atoms with van der Waals surface area (Å²) in [5.41, 5.74) is 1.71. The first-order valence-electron chi connectivity index (χ1n) is 33.0. The number of benzene rings is 2. The number of para-hydroxylation sites is 1. The van der Waals surface area contributed by atoms with Gasteiger partial charge in [0, 0.05) is 62.7 Å². The van der Waals surface area contributed by atoms with Crippen LogP contribution in [0.2, 0.25) is 0 Å². The molecule has 6 N–H and O–H groups in total. The van der Waals surface area contributed by atoms with E-state index in [9.17, 15) is 33.6 Å². The molecular weight excluding hydrogens is 1160 g/mol. The van der Waals surface area contributed by atoms with Gasteiger partial charge < -0.3 is 61.0 Å². The summed E-state index contributed by atoms with van der Waals surface area (Å²) in [5.74, 6) is -6.44. The van der Waals surface area contributed by atoms with Crippen LogP contribution in [0.1, 0.15) is 144 Å². The molecule has 0 bridgehead atoms. The minimum absolute atomic E-state index is 0.0327. The summed E-state index contributed by atoms with van der Waals surface area (Å²) in [6.45, 7) is 19.7. The second-order valence-corrected chi connectivity index (χ2v) is 27.2. The lowest BCUT2D eigenvalue weighted by Crippen LogP contribution is -2.60. The molecule has 492 valence electrons. The first-order valence-corrected chi connectivity index (χ1v) is 33.0. The zero-order chi connectivity index (χ0) is 65.6. The third kappa shape index (κ3) is 15.1. The second kappa shape index (κ2) is 29.0. The van der Waals surface area contributed by atoms with Gasteiger partial charge in [-0.3, -0.25) is 52.7 Å².